The van der Waals surface area contributed by atoms with Gasteiger partial charge in [0.1, 0.15) is 5.54 Å². The topological polar surface area (TPSA) is 68.5 Å². The van der Waals surface area contributed by atoms with Crippen LogP contribution in [-0.4, -0.2) is 51.8 Å². The Kier molecular flexibility index (Phi) is 2.04. The minimum atomic E-state index is -0.884. The van der Waals surface area contributed by atoms with E-state index in [1.165, 1.54) is 4.90 Å². The molecule has 3 heterocycles. The predicted molar refractivity (Wildman–Crippen MR) is 63.0 cm³/mol. The summed E-state index contributed by atoms with van der Waals surface area (Å²) in [6, 6.07) is 0. The summed E-state index contributed by atoms with van der Waals surface area (Å²) in [6.45, 7) is 0.936. The molecule has 3 aliphatic heterocycles. The molecule has 6 heteroatoms. The highest BCUT2D eigenvalue weighted by Gasteiger charge is 2.40. The summed E-state index contributed by atoms with van der Waals surface area (Å²) in [7, 11) is 0. The monoisotopic (exact) mass is 232 g/mol. The smallest absolute Gasteiger partial charge is 0.407 e. The van der Waals surface area contributed by atoms with E-state index in [0.29, 0.717) is 25.5 Å². The molecule has 0 aromatic carbocycles. The number of hydrogen-bond acceptors (Lipinski definition) is 4. The third kappa shape index (κ3) is 1.61. The van der Waals surface area contributed by atoms with Gasteiger partial charge in [-0.2, -0.15) is 0 Å². The molecular formula is C11H12N4O2. The molecule has 0 aliphatic carbocycles. The molecule has 0 bridgehead atoms. The molecule has 6 nitrogen and oxygen atoms in total. The summed E-state index contributed by atoms with van der Waals surface area (Å²) in [5.74, 6) is 0.627. The lowest BCUT2D eigenvalue weighted by atomic mass is 9.98. The first-order valence-electron chi connectivity index (χ1n) is 5.45. The number of hydrogen-bond donors (Lipinski definition) is 1. The first-order valence-corrected chi connectivity index (χ1v) is 5.45. The highest BCUT2D eigenvalue weighted by molar-refractivity contribution is 5.95. The Morgan fingerprint density at radius 3 is 3.12 bits per heavy atom. The van der Waals surface area contributed by atoms with E-state index in [9.17, 15) is 4.79 Å². The van der Waals surface area contributed by atoms with Crippen molar-refractivity contribution in [2.75, 3.05) is 13.1 Å². The van der Waals surface area contributed by atoms with Gasteiger partial charge in [-0.15, -0.1) is 0 Å². The number of fused-ring (bicyclic) bond motifs is 1. The number of rotatable bonds is 0. The van der Waals surface area contributed by atoms with Crippen LogP contribution in [0.1, 0.15) is 6.42 Å². The minimum absolute atomic E-state index is 0.412. The lowest BCUT2D eigenvalue weighted by molar-refractivity contribution is 0.154. The van der Waals surface area contributed by atoms with Crippen LogP contribution in [-0.2, 0) is 0 Å². The maximum atomic E-state index is 10.9. The van der Waals surface area contributed by atoms with Gasteiger partial charge in [-0.05, 0) is 18.6 Å². The summed E-state index contributed by atoms with van der Waals surface area (Å²) < 4.78 is 0. The first kappa shape index (κ1) is 10.1. The normalized spacial score (nSPS) is 29.8. The minimum Gasteiger partial charge on any atom is -0.465 e. The van der Waals surface area contributed by atoms with Crippen LogP contribution in [0.4, 0.5) is 4.79 Å². The van der Waals surface area contributed by atoms with Crippen LogP contribution in [0, 0.1) is 0 Å². The van der Waals surface area contributed by atoms with E-state index in [-0.39, 0.29) is 0 Å². The van der Waals surface area contributed by atoms with Crippen molar-refractivity contribution in [2.24, 2.45) is 9.98 Å². The Morgan fingerprint density at radius 1 is 1.47 bits per heavy atom. The zero-order valence-electron chi connectivity index (χ0n) is 9.15. The lowest BCUT2D eigenvalue weighted by Gasteiger charge is -2.29. The molecule has 17 heavy (non-hydrogen) atoms. The zero-order chi connectivity index (χ0) is 11.9. The number of allylic oxidation sites excluding steroid dienone is 1. The maximum Gasteiger partial charge on any atom is 0.407 e. The second kappa shape index (κ2) is 3.44. The van der Waals surface area contributed by atoms with Crippen molar-refractivity contribution < 1.29 is 9.90 Å². The summed E-state index contributed by atoms with van der Waals surface area (Å²) in [5, 5.41) is 8.96. The van der Waals surface area contributed by atoms with Crippen LogP contribution in [0.5, 0.6) is 0 Å². The number of likely N-dealkylation sites (tertiary alicyclic amines) is 1. The highest BCUT2D eigenvalue weighted by Crippen LogP contribution is 2.30. The SMILES string of the molecule is O=C(O)N1CCC2(C=CN3C=CC=NC3=N2)C1. The van der Waals surface area contributed by atoms with E-state index in [4.69, 9.17) is 5.11 Å². The quantitative estimate of drug-likeness (QED) is 0.674. The van der Waals surface area contributed by atoms with Crippen LogP contribution in [0.2, 0.25) is 0 Å². The van der Waals surface area contributed by atoms with Gasteiger partial charge in [0, 0.05) is 25.2 Å². The fourth-order valence-corrected chi connectivity index (χ4v) is 2.24. The number of nitrogens with zero attached hydrogens (tertiary/aromatic N) is 4. The number of carbonyl (C=O) groups is 1. The molecular weight excluding hydrogens is 220 g/mol. The average molecular weight is 232 g/mol. The second-order valence-electron chi connectivity index (χ2n) is 4.31. The van der Waals surface area contributed by atoms with Crippen molar-refractivity contribution in [2.45, 2.75) is 12.0 Å². The highest BCUT2D eigenvalue weighted by atomic mass is 16.4. The van der Waals surface area contributed by atoms with E-state index >= 15 is 0 Å². The Labute approximate surface area is 98.3 Å². The average Bonchev–Trinajstić information content (AvgIpc) is 2.73. The fraction of sp³-hybridized carbons (Fsp3) is 0.364. The second-order valence-corrected chi connectivity index (χ2v) is 4.31. The Morgan fingerprint density at radius 2 is 2.35 bits per heavy atom. The maximum absolute atomic E-state index is 10.9. The standard InChI is InChI=1S/C11H12N4O2/c16-10(17)15-7-3-11(8-15)2-6-14-5-1-4-12-9(14)13-11/h1-2,4-6H,3,7-8H2,(H,16,17). The molecule has 0 aromatic rings. The molecule has 1 saturated heterocycles. The molecule has 0 aromatic heterocycles. The Bertz CT molecular complexity index is 480. The molecule has 1 atom stereocenters. The number of carboxylic acid groups (broad SMARTS) is 1. The number of amides is 1. The van der Waals surface area contributed by atoms with Crippen LogP contribution in [0.25, 0.3) is 0 Å². The van der Waals surface area contributed by atoms with E-state index in [1.54, 1.807) is 6.21 Å². The van der Waals surface area contributed by atoms with Crippen LogP contribution < -0.4 is 0 Å². The molecule has 1 fully saturated rings. The zero-order valence-corrected chi connectivity index (χ0v) is 9.15. The van der Waals surface area contributed by atoms with Crippen LogP contribution >= 0.6 is 0 Å². The van der Waals surface area contributed by atoms with Gasteiger partial charge in [0.15, 0.2) is 0 Å². The summed E-state index contributed by atoms with van der Waals surface area (Å²) in [5.41, 5.74) is -0.424. The fourth-order valence-electron chi connectivity index (χ4n) is 2.24. The van der Waals surface area contributed by atoms with Gasteiger partial charge in [0.05, 0.1) is 6.54 Å². The predicted octanol–water partition coefficient (Wildman–Crippen LogP) is 0.892. The Hall–Kier alpha value is -2.11. The Balaban J connectivity index is 1.87. The van der Waals surface area contributed by atoms with E-state index in [2.05, 4.69) is 9.98 Å². The van der Waals surface area contributed by atoms with Crippen molar-refractivity contribution in [3.63, 3.8) is 0 Å². The molecule has 0 radical (unpaired) electrons. The van der Waals surface area contributed by atoms with Crippen molar-refractivity contribution in [1.82, 2.24) is 9.80 Å². The van der Waals surface area contributed by atoms with Gasteiger partial charge < -0.3 is 10.0 Å². The largest absolute Gasteiger partial charge is 0.465 e. The molecule has 1 amide bonds. The third-order valence-electron chi connectivity index (χ3n) is 3.17. The molecule has 88 valence electrons. The first-order chi connectivity index (χ1) is 8.19. The summed E-state index contributed by atoms with van der Waals surface area (Å²) in [4.78, 5) is 22.9. The van der Waals surface area contributed by atoms with Crippen molar-refractivity contribution in [1.29, 1.82) is 0 Å². The summed E-state index contributed by atoms with van der Waals surface area (Å²) in [6.07, 6.45) is 9.09. The van der Waals surface area contributed by atoms with Gasteiger partial charge in [0.25, 0.3) is 0 Å². The van der Waals surface area contributed by atoms with E-state index in [0.717, 1.165) is 0 Å². The van der Waals surface area contributed by atoms with E-state index < -0.39 is 11.6 Å². The lowest BCUT2D eigenvalue weighted by Crippen LogP contribution is -2.38. The molecule has 3 rings (SSSR count). The van der Waals surface area contributed by atoms with Gasteiger partial charge >= 0.3 is 6.09 Å². The molecule has 3 aliphatic rings. The van der Waals surface area contributed by atoms with Gasteiger partial charge in [-0.1, -0.05) is 0 Å². The molecule has 1 unspecified atom stereocenters. The van der Waals surface area contributed by atoms with Gasteiger partial charge in [-0.25, -0.2) is 14.8 Å². The van der Waals surface area contributed by atoms with Crippen LogP contribution in [0.15, 0.2) is 34.5 Å². The number of aliphatic imine (C=N–C) groups is 2. The van der Waals surface area contributed by atoms with Gasteiger partial charge in [0.2, 0.25) is 5.96 Å². The molecule has 0 saturated carbocycles. The molecule has 1 N–H and O–H groups in total. The molecule has 1 spiro atoms. The van der Waals surface area contributed by atoms with Crippen LogP contribution in [0.3, 0.4) is 0 Å². The number of guanidine groups is 1. The van der Waals surface area contributed by atoms with Crippen molar-refractivity contribution in [3.8, 4) is 0 Å². The summed E-state index contributed by atoms with van der Waals surface area (Å²) >= 11 is 0. The van der Waals surface area contributed by atoms with Gasteiger partial charge in [-0.3, -0.25) is 4.90 Å². The van der Waals surface area contributed by atoms with E-state index in [1.807, 2.05) is 29.5 Å². The third-order valence-corrected chi connectivity index (χ3v) is 3.17. The van der Waals surface area contributed by atoms with Crippen molar-refractivity contribution >= 4 is 18.3 Å². The van der Waals surface area contributed by atoms with Crippen molar-refractivity contribution in [3.05, 3.63) is 24.6 Å².